The molecule has 62 valence electrons. The maximum absolute atomic E-state index is 11.1. The molecule has 0 N–H and O–H groups in total. The van der Waals surface area contributed by atoms with Crippen LogP contribution in [-0.2, 0) is 4.79 Å². The van der Waals surface area contributed by atoms with Gasteiger partial charge in [-0.2, -0.15) is 0 Å². The summed E-state index contributed by atoms with van der Waals surface area (Å²) in [6.07, 6.45) is 0.625. The molecule has 0 atom stereocenters. The zero-order valence-corrected chi connectivity index (χ0v) is 8.56. The molecule has 0 radical (unpaired) electrons. The van der Waals surface area contributed by atoms with Crippen molar-refractivity contribution in [2.24, 2.45) is 5.41 Å². The van der Waals surface area contributed by atoms with Crippen LogP contribution in [0, 0.1) is 5.41 Å². The number of hydrogen-bond acceptors (Lipinski definition) is 1. The minimum Gasteiger partial charge on any atom is -1.00 e. The van der Waals surface area contributed by atoms with Gasteiger partial charge in [0, 0.05) is 20.5 Å². The van der Waals surface area contributed by atoms with Crippen molar-refractivity contribution < 1.29 is 25.1 Å². The fourth-order valence-corrected chi connectivity index (χ4v) is 0.612. The van der Waals surface area contributed by atoms with Gasteiger partial charge >= 0.3 is 18.9 Å². The van der Waals surface area contributed by atoms with Crippen molar-refractivity contribution in [2.75, 3.05) is 14.1 Å². The summed E-state index contributed by atoms with van der Waals surface area (Å²) in [6, 6.07) is 0. The Balaban J connectivity index is -0.000000405. The Morgan fingerprint density at radius 2 is 1.73 bits per heavy atom. The van der Waals surface area contributed by atoms with Gasteiger partial charge in [0.05, 0.1) is 0 Å². The summed E-state index contributed by atoms with van der Waals surface area (Å²) < 4.78 is 0. The molecule has 0 saturated carbocycles. The first-order chi connectivity index (χ1) is 4.33. The van der Waals surface area contributed by atoms with E-state index in [4.69, 9.17) is 0 Å². The SMILES string of the molecule is CN(C)C(=O)CC(C)(C)C.[H-].[Li+]. The minimum absolute atomic E-state index is 0. The number of nitrogens with zero attached hydrogens (tertiary/aromatic N) is 1. The Bertz CT molecular complexity index is 132. The molecular weight excluding hydrogens is 133 g/mol. The summed E-state index contributed by atoms with van der Waals surface area (Å²) in [5.74, 6) is 0.201. The third kappa shape index (κ3) is 7.97. The number of rotatable bonds is 1. The van der Waals surface area contributed by atoms with Crippen LogP contribution in [0.4, 0.5) is 0 Å². The first-order valence-corrected chi connectivity index (χ1v) is 3.53. The molecule has 2 nitrogen and oxygen atoms in total. The van der Waals surface area contributed by atoms with E-state index in [1.807, 2.05) is 0 Å². The van der Waals surface area contributed by atoms with Crippen molar-refractivity contribution in [2.45, 2.75) is 27.2 Å². The maximum Gasteiger partial charge on any atom is 1.00 e. The average molecular weight is 151 g/mol. The molecule has 0 unspecified atom stereocenters. The first-order valence-electron chi connectivity index (χ1n) is 3.53. The molecule has 0 aromatic heterocycles. The van der Waals surface area contributed by atoms with Crippen molar-refractivity contribution in [3.8, 4) is 0 Å². The van der Waals surface area contributed by atoms with Crippen LogP contribution >= 0.6 is 0 Å². The third-order valence-corrected chi connectivity index (χ3v) is 1.18. The standard InChI is InChI=1S/C8H17NO.Li.H/c1-8(2,3)6-7(10)9(4)5;;/h6H2,1-5H3;;/q;+1;-1. The average Bonchev–Trinajstić information content (AvgIpc) is 1.60. The molecular formula is C8H18LiNO. The number of amides is 1. The molecule has 0 aliphatic rings. The predicted molar refractivity (Wildman–Crippen MR) is 43.9 cm³/mol. The molecule has 0 heterocycles. The molecule has 0 fully saturated rings. The van der Waals surface area contributed by atoms with Crippen LogP contribution in [0.1, 0.15) is 28.6 Å². The van der Waals surface area contributed by atoms with E-state index in [0.29, 0.717) is 6.42 Å². The molecule has 0 bridgehead atoms. The topological polar surface area (TPSA) is 20.3 Å². The number of carbonyl (C=O) groups excluding carboxylic acids is 1. The zero-order valence-electron chi connectivity index (χ0n) is 9.56. The van der Waals surface area contributed by atoms with E-state index >= 15 is 0 Å². The van der Waals surface area contributed by atoms with Crippen molar-refractivity contribution in [1.29, 1.82) is 0 Å². The van der Waals surface area contributed by atoms with Crippen LogP contribution in [0.3, 0.4) is 0 Å². The van der Waals surface area contributed by atoms with Gasteiger partial charge in [-0.05, 0) is 5.41 Å². The summed E-state index contributed by atoms with van der Waals surface area (Å²) in [6.45, 7) is 6.19. The van der Waals surface area contributed by atoms with Gasteiger partial charge in [0.1, 0.15) is 0 Å². The summed E-state index contributed by atoms with van der Waals surface area (Å²) in [7, 11) is 3.57. The van der Waals surface area contributed by atoms with E-state index in [1.54, 1.807) is 19.0 Å². The molecule has 0 rings (SSSR count). The van der Waals surface area contributed by atoms with Gasteiger partial charge in [0.15, 0.2) is 0 Å². The predicted octanol–water partition coefficient (Wildman–Crippen LogP) is -1.37. The van der Waals surface area contributed by atoms with Gasteiger partial charge in [-0.1, -0.05) is 20.8 Å². The van der Waals surface area contributed by atoms with Gasteiger partial charge in [-0.25, -0.2) is 0 Å². The largest absolute Gasteiger partial charge is 1.00 e. The van der Waals surface area contributed by atoms with Crippen molar-refractivity contribution >= 4 is 5.91 Å². The van der Waals surface area contributed by atoms with Crippen molar-refractivity contribution in [1.82, 2.24) is 4.90 Å². The van der Waals surface area contributed by atoms with Crippen LogP contribution in [0.15, 0.2) is 0 Å². The second-order valence-electron chi connectivity index (χ2n) is 4.03. The molecule has 3 heteroatoms. The Morgan fingerprint density at radius 1 is 1.36 bits per heavy atom. The van der Waals surface area contributed by atoms with Crippen LogP contribution in [0.5, 0.6) is 0 Å². The fourth-order valence-electron chi connectivity index (χ4n) is 0.612. The Morgan fingerprint density at radius 3 is 1.82 bits per heavy atom. The van der Waals surface area contributed by atoms with E-state index < -0.39 is 0 Å². The second kappa shape index (κ2) is 4.85. The Labute approximate surface area is 83.0 Å². The van der Waals surface area contributed by atoms with E-state index in [1.165, 1.54) is 0 Å². The van der Waals surface area contributed by atoms with Crippen LogP contribution < -0.4 is 18.9 Å². The van der Waals surface area contributed by atoms with E-state index in [2.05, 4.69) is 20.8 Å². The van der Waals surface area contributed by atoms with Crippen LogP contribution in [0.2, 0.25) is 0 Å². The summed E-state index contributed by atoms with van der Waals surface area (Å²) in [5, 5.41) is 0. The van der Waals surface area contributed by atoms with Gasteiger partial charge in [-0.15, -0.1) is 0 Å². The fraction of sp³-hybridized carbons (Fsp3) is 0.875. The normalized spacial score (nSPS) is 10.3. The van der Waals surface area contributed by atoms with Gasteiger partial charge in [0.25, 0.3) is 0 Å². The van der Waals surface area contributed by atoms with Gasteiger partial charge in [-0.3, -0.25) is 4.79 Å². The van der Waals surface area contributed by atoms with E-state index in [0.717, 1.165) is 0 Å². The maximum atomic E-state index is 11.1. The molecule has 0 aromatic rings. The molecule has 0 aliphatic carbocycles. The summed E-state index contributed by atoms with van der Waals surface area (Å²) in [5.41, 5.74) is 0.112. The minimum atomic E-state index is 0. The Kier molecular flexibility index (Phi) is 6.01. The number of carbonyl (C=O) groups is 1. The van der Waals surface area contributed by atoms with E-state index in [-0.39, 0.29) is 31.6 Å². The molecule has 0 spiro atoms. The summed E-state index contributed by atoms with van der Waals surface area (Å²) >= 11 is 0. The van der Waals surface area contributed by atoms with Gasteiger partial charge < -0.3 is 6.33 Å². The Hall–Kier alpha value is 0.0674. The van der Waals surface area contributed by atoms with Gasteiger partial charge in [0.2, 0.25) is 5.91 Å². The smallest absolute Gasteiger partial charge is 1.00 e. The van der Waals surface area contributed by atoms with Crippen molar-refractivity contribution in [3.05, 3.63) is 0 Å². The van der Waals surface area contributed by atoms with E-state index in [9.17, 15) is 4.79 Å². The molecule has 1 amide bonds. The molecule has 0 aromatic carbocycles. The van der Waals surface area contributed by atoms with Crippen molar-refractivity contribution in [3.63, 3.8) is 0 Å². The molecule has 11 heavy (non-hydrogen) atoms. The molecule has 0 aliphatic heterocycles. The van der Waals surface area contributed by atoms with Crippen LogP contribution in [-0.4, -0.2) is 24.9 Å². The second-order valence-corrected chi connectivity index (χ2v) is 4.03. The zero-order chi connectivity index (χ0) is 8.36. The van der Waals surface area contributed by atoms with Crippen LogP contribution in [0.25, 0.3) is 0 Å². The monoisotopic (exact) mass is 151 g/mol. The quantitative estimate of drug-likeness (QED) is 0.423. The summed E-state index contributed by atoms with van der Waals surface area (Å²) in [4.78, 5) is 12.7. The third-order valence-electron chi connectivity index (χ3n) is 1.18. The first kappa shape index (κ1) is 13.6. The number of hydrogen-bond donors (Lipinski definition) is 0. The molecule has 0 saturated heterocycles.